The molecule has 2 N–H and O–H groups in total. The number of nitrogens with zero attached hydrogens (tertiary/aromatic N) is 1. The fourth-order valence-corrected chi connectivity index (χ4v) is 1.76. The van der Waals surface area contributed by atoms with Gasteiger partial charge in [0.25, 0.3) is 0 Å². The number of rotatable bonds is 5. The number of hydrogen-bond donors (Lipinski definition) is 2. The van der Waals surface area contributed by atoms with Crippen molar-refractivity contribution in [2.45, 2.75) is 46.7 Å². The Kier molecular flexibility index (Phi) is 6.36. The monoisotopic (exact) mass is 277 g/mol. The van der Waals surface area contributed by atoms with Crippen LogP contribution >= 0.6 is 0 Å². The zero-order chi connectivity index (χ0) is 15.0. The summed E-state index contributed by atoms with van der Waals surface area (Å²) in [6.45, 7) is 12.5. The van der Waals surface area contributed by atoms with Gasteiger partial charge < -0.3 is 15.4 Å². The molecule has 0 aromatic heterocycles. The van der Waals surface area contributed by atoms with Gasteiger partial charge in [-0.25, -0.2) is 4.99 Å². The van der Waals surface area contributed by atoms with Crippen molar-refractivity contribution in [3.05, 3.63) is 29.8 Å². The number of aliphatic imine (C=N–C) groups is 1. The second-order valence-corrected chi connectivity index (χ2v) is 5.61. The molecular formula is C16H27N3O. The highest BCUT2D eigenvalue weighted by molar-refractivity contribution is 5.80. The molecule has 0 atom stereocenters. The van der Waals surface area contributed by atoms with Crippen LogP contribution < -0.4 is 15.4 Å². The van der Waals surface area contributed by atoms with Crippen LogP contribution in [0.4, 0.5) is 0 Å². The van der Waals surface area contributed by atoms with Crippen molar-refractivity contribution in [2.75, 3.05) is 13.2 Å². The van der Waals surface area contributed by atoms with Crippen LogP contribution in [-0.2, 0) is 6.54 Å². The van der Waals surface area contributed by atoms with Crippen molar-refractivity contribution in [3.8, 4) is 5.75 Å². The van der Waals surface area contributed by atoms with E-state index in [0.29, 0.717) is 13.2 Å². The standard InChI is InChI=1S/C16H27N3O/c1-6-17-15(19-16(3,4)5)18-12-13-10-8-9-11-14(13)20-7-2/h8-11H,6-7,12H2,1-5H3,(H2,17,18,19). The Labute approximate surface area is 122 Å². The molecule has 4 nitrogen and oxygen atoms in total. The SMILES string of the molecule is CCNC(=NCc1ccccc1OCC)NC(C)(C)C. The van der Waals surface area contributed by atoms with Crippen LogP contribution in [0.15, 0.2) is 29.3 Å². The molecule has 112 valence electrons. The molecule has 0 spiro atoms. The topological polar surface area (TPSA) is 45.7 Å². The van der Waals surface area contributed by atoms with Crippen LogP contribution in [0.3, 0.4) is 0 Å². The van der Waals surface area contributed by atoms with E-state index in [1.54, 1.807) is 0 Å². The summed E-state index contributed by atoms with van der Waals surface area (Å²) in [6.07, 6.45) is 0. The lowest BCUT2D eigenvalue weighted by Crippen LogP contribution is -2.47. The average Bonchev–Trinajstić information content (AvgIpc) is 2.36. The zero-order valence-electron chi connectivity index (χ0n) is 13.3. The van der Waals surface area contributed by atoms with Crippen LogP contribution in [0.1, 0.15) is 40.2 Å². The predicted octanol–water partition coefficient (Wildman–Crippen LogP) is 2.94. The third-order valence-electron chi connectivity index (χ3n) is 2.52. The van der Waals surface area contributed by atoms with E-state index in [9.17, 15) is 0 Å². The Bertz CT molecular complexity index is 436. The van der Waals surface area contributed by atoms with E-state index in [0.717, 1.165) is 23.8 Å². The fraction of sp³-hybridized carbons (Fsp3) is 0.562. The van der Waals surface area contributed by atoms with Crippen molar-refractivity contribution in [1.82, 2.24) is 10.6 Å². The first-order valence-electron chi connectivity index (χ1n) is 7.23. The maximum atomic E-state index is 5.62. The van der Waals surface area contributed by atoms with E-state index in [1.807, 2.05) is 25.1 Å². The largest absolute Gasteiger partial charge is 0.494 e. The van der Waals surface area contributed by atoms with Crippen LogP contribution in [0.2, 0.25) is 0 Å². The molecule has 0 radical (unpaired) electrons. The summed E-state index contributed by atoms with van der Waals surface area (Å²) in [5.41, 5.74) is 1.08. The van der Waals surface area contributed by atoms with E-state index in [2.05, 4.69) is 49.4 Å². The molecule has 0 bridgehead atoms. The molecule has 20 heavy (non-hydrogen) atoms. The normalized spacial score (nSPS) is 12.2. The molecule has 0 saturated heterocycles. The second kappa shape index (κ2) is 7.78. The smallest absolute Gasteiger partial charge is 0.191 e. The maximum absolute atomic E-state index is 5.62. The van der Waals surface area contributed by atoms with Crippen molar-refractivity contribution < 1.29 is 4.74 Å². The summed E-state index contributed by atoms with van der Waals surface area (Å²) >= 11 is 0. The highest BCUT2D eigenvalue weighted by atomic mass is 16.5. The molecule has 4 heteroatoms. The van der Waals surface area contributed by atoms with Gasteiger partial charge in [0.15, 0.2) is 5.96 Å². The fourth-order valence-electron chi connectivity index (χ4n) is 1.76. The minimum Gasteiger partial charge on any atom is -0.494 e. The lowest BCUT2D eigenvalue weighted by molar-refractivity contribution is 0.336. The van der Waals surface area contributed by atoms with Gasteiger partial charge in [0.2, 0.25) is 0 Å². The quantitative estimate of drug-likeness (QED) is 0.642. The van der Waals surface area contributed by atoms with Crippen molar-refractivity contribution in [1.29, 1.82) is 0 Å². The van der Waals surface area contributed by atoms with Crippen molar-refractivity contribution >= 4 is 5.96 Å². The van der Waals surface area contributed by atoms with Gasteiger partial charge in [-0.1, -0.05) is 18.2 Å². The number of para-hydroxylation sites is 1. The number of guanidine groups is 1. The highest BCUT2D eigenvalue weighted by Gasteiger charge is 2.11. The lowest BCUT2D eigenvalue weighted by Gasteiger charge is -2.23. The minimum absolute atomic E-state index is 0.0135. The van der Waals surface area contributed by atoms with Crippen LogP contribution in [0.25, 0.3) is 0 Å². The molecule has 0 aliphatic heterocycles. The third kappa shape index (κ3) is 5.95. The van der Waals surface area contributed by atoms with Gasteiger partial charge in [-0.15, -0.1) is 0 Å². The maximum Gasteiger partial charge on any atom is 0.191 e. The van der Waals surface area contributed by atoms with E-state index >= 15 is 0 Å². The van der Waals surface area contributed by atoms with Crippen LogP contribution in [0.5, 0.6) is 5.75 Å². The molecule has 0 heterocycles. The van der Waals surface area contributed by atoms with Gasteiger partial charge in [0.05, 0.1) is 13.2 Å². The molecule has 0 aliphatic carbocycles. The second-order valence-electron chi connectivity index (χ2n) is 5.61. The number of ether oxygens (including phenoxy) is 1. The molecule has 0 aliphatic rings. The van der Waals surface area contributed by atoms with Crippen molar-refractivity contribution in [3.63, 3.8) is 0 Å². The van der Waals surface area contributed by atoms with E-state index in [1.165, 1.54) is 0 Å². The van der Waals surface area contributed by atoms with Gasteiger partial charge in [0.1, 0.15) is 5.75 Å². The summed E-state index contributed by atoms with van der Waals surface area (Å²) in [4.78, 5) is 4.63. The van der Waals surface area contributed by atoms with E-state index < -0.39 is 0 Å². The Hall–Kier alpha value is -1.71. The molecule has 0 fully saturated rings. The lowest BCUT2D eigenvalue weighted by atomic mass is 10.1. The number of nitrogens with one attached hydrogen (secondary N) is 2. The first-order chi connectivity index (χ1) is 9.46. The van der Waals surface area contributed by atoms with Gasteiger partial charge in [-0.2, -0.15) is 0 Å². The zero-order valence-corrected chi connectivity index (χ0v) is 13.3. The summed E-state index contributed by atoms with van der Waals surface area (Å²) in [6, 6.07) is 8.03. The molecule has 0 unspecified atom stereocenters. The first-order valence-corrected chi connectivity index (χ1v) is 7.23. The van der Waals surface area contributed by atoms with Crippen LogP contribution in [0, 0.1) is 0 Å². The molecule has 0 saturated carbocycles. The Morgan fingerprint density at radius 2 is 1.90 bits per heavy atom. The third-order valence-corrected chi connectivity index (χ3v) is 2.52. The van der Waals surface area contributed by atoms with E-state index in [-0.39, 0.29) is 5.54 Å². The van der Waals surface area contributed by atoms with Gasteiger partial charge >= 0.3 is 0 Å². The summed E-state index contributed by atoms with van der Waals surface area (Å²) in [5.74, 6) is 1.73. The number of benzene rings is 1. The number of hydrogen-bond acceptors (Lipinski definition) is 2. The summed E-state index contributed by atoms with van der Waals surface area (Å²) in [5, 5.41) is 6.64. The summed E-state index contributed by atoms with van der Waals surface area (Å²) in [7, 11) is 0. The molecular weight excluding hydrogens is 250 g/mol. The molecule has 0 amide bonds. The molecule has 1 rings (SSSR count). The Morgan fingerprint density at radius 1 is 1.20 bits per heavy atom. The highest BCUT2D eigenvalue weighted by Crippen LogP contribution is 2.18. The van der Waals surface area contributed by atoms with Gasteiger partial charge in [-0.3, -0.25) is 0 Å². The van der Waals surface area contributed by atoms with E-state index in [4.69, 9.17) is 4.74 Å². The van der Waals surface area contributed by atoms with Gasteiger partial charge in [0, 0.05) is 17.6 Å². The average molecular weight is 277 g/mol. The molecule has 1 aromatic rings. The van der Waals surface area contributed by atoms with Gasteiger partial charge in [-0.05, 0) is 40.7 Å². The first kappa shape index (κ1) is 16.3. The predicted molar refractivity (Wildman–Crippen MR) is 85.3 cm³/mol. The van der Waals surface area contributed by atoms with Crippen LogP contribution in [-0.4, -0.2) is 24.7 Å². The summed E-state index contributed by atoms with van der Waals surface area (Å²) < 4.78 is 5.62. The molecule has 1 aromatic carbocycles. The Balaban J connectivity index is 2.81. The minimum atomic E-state index is -0.0135. The Morgan fingerprint density at radius 3 is 2.50 bits per heavy atom. The van der Waals surface area contributed by atoms with Crippen molar-refractivity contribution in [2.24, 2.45) is 4.99 Å².